The monoisotopic (exact) mass is 384 g/mol. The number of nitrogens with two attached hydrogens (primary N) is 1. The average molecular weight is 384 g/mol. The molecule has 0 spiro atoms. The van der Waals surface area contributed by atoms with Gasteiger partial charge in [0, 0.05) is 29.3 Å². The number of rotatable bonds is 6. The summed E-state index contributed by atoms with van der Waals surface area (Å²) in [7, 11) is 0. The maximum atomic E-state index is 12.4. The number of carbonyl (C=O) groups is 1. The highest BCUT2D eigenvalue weighted by Crippen LogP contribution is 2.48. The first-order valence-electron chi connectivity index (χ1n) is 9.77. The molecular formula is C25H24N2O2. The van der Waals surface area contributed by atoms with E-state index in [4.69, 9.17) is 5.73 Å². The van der Waals surface area contributed by atoms with Crippen LogP contribution in [0.15, 0.2) is 91.0 Å². The van der Waals surface area contributed by atoms with Gasteiger partial charge >= 0.3 is 0 Å². The first-order chi connectivity index (χ1) is 14.2. The molecule has 1 aliphatic rings. The highest BCUT2D eigenvalue weighted by Gasteiger charge is 2.43. The SMILES string of the molecule is NC(=O)C1=CC(c2ccccc2)(C(CCO)c2ccccc2)Nc2ccccc21. The molecule has 0 aliphatic carbocycles. The van der Waals surface area contributed by atoms with E-state index < -0.39 is 11.4 Å². The fourth-order valence-electron chi connectivity index (χ4n) is 4.33. The summed E-state index contributed by atoms with van der Waals surface area (Å²) in [4.78, 5) is 12.4. The van der Waals surface area contributed by atoms with Crippen LogP contribution in [0.25, 0.3) is 5.57 Å². The Hall–Kier alpha value is -3.37. The van der Waals surface area contributed by atoms with Gasteiger partial charge < -0.3 is 16.2 Å². The molecule has 4 N–H and O–H groups in total. The van der Waals surface area contributed by atoms with Crippen molar-refractivity contribution in [2.75, 3.05) is 11.9 Å². The van der Waals surface area contributed by atoms with Gasteiger partial charge in [-0.15, -0.1) is 0 Å². The van der Waals surface area contributed by atoms with Crippen LogP contribution in [-0.2, 0) is 10.3 Å². The third-order valence-electron chi connectivity index (χ3n) is 5.62. The van der Waals surface area contributed by atoms with Crippen molar-refractivity contribution in [2.45, 2.75) is 17.9 Å². The first-order valence-corrected chi connectivity index (χ1v) is 9.77. The Bertz CT molecular complexity index is 1030. The number of hydrogen-bond donors (Lipinski definition) is 3. The van der Waals surface area contributed by atoms with E-state index in [1.54, 1.807) is 0 Å². The minimum absolute atomic E-state index is 0.0250. The van der Waals surface area contributed by atoms with Gasteiger partial charge in [0.1, 0.15) is 0 Å². The molecule has 1 amide bonds. The molecular weight excluding hydrogens is 360 g/mol. The van der Waals surface area contributed by atoms with Crippen LogP contribution >= 0.6 is 0 Å². The van der Waals surface area contributed by atoms with Gasteiger partial charge in [-0.25, -0.2) is 0 Å². The predicted octanol–water partition coefficient (Wildman–Crippen LogP) is 4.04. The molecule has 3 aromatic rings. The summed E-state index contributed by atoms with van der Waals surface area (Å²) >= 11 is 0. The largest absolute Gasteiger partial charge is 0.396 e. The molecule has 146 valence electrons. The average Bonchev–Trinajstić information content (AvgIpc) is 2.77. The molecule has 29 heavy (non-hydrogen) atoms. The van der Waals surface area contributed by atoms with Gasteiger partial charge in [-0.3, -0.25) is 4.79 Å². The van der Waals surface area contributed by atoms with Crippen molar-refractivity contribution in [3.63, 3.8) is 0 Å². The zero-order valence-electron chi connectivity index (χ0n) is 16.1. The van der Waals surface area contributed by atoms with Gasteiger partial charge in [-0.05, 0) is 29.7 Å². The lowest BCUT2D eigenvalue weighted by Crippen LogP contribution is -2.43. The Labute approximate surface area is 170 Å². The van der Waals surface area contributed by atoms with E-state index in [1.807, 2.05) is 78.9 Å². The smallest absolute Gasteiger partial charge is 0.249 e. The summed E-state index contributed by atoms with van der Waals surface area (Å²) in [5, 5.41) is 13.6. The van der Waals surface area contributed by atoms with Gasteiger partial charge in [-0.2, -0.15) is 0 Å². The molecule has 0 saturated carbocycles. The highest BCUT2D eigenvalue weighted by atomic mass is 16.3. The molecule has 2 unspecified atom stereocenters. The first kappa shape index (κ1) is 19.0. The zero-order chi connectivity index (χ0) is 20.3. The number of anilines is 1. The lowest BCUT2D eigenvalue weighted by atomic mass is 9.69. The second-order valence-electron chi connectivity index (χ2n) is 7.30. The molecule has 1 aliphatic heterocycles. The van der Waals surface area contributed by atoms with Crippen LogP contribution in [0.5, 0.6) is 0 Å². The number of amides is 1. The number of hydrogen-bond acceptors (Lipinski definition) is 3. The topological polar surface area (TPSA) is 75.4 Å². The highest BCUT2D eigenvalue weighted by molar-refractivity contribution is 6.21. The molecule has 0 bridgehead atoms. The van der Waals surface area contributed by atoms with Crippen LogP contribution in [0.2, 0.25) is 0 Å². The van der Waals surface area contributed by atoms with E-state index in [-0.39, 0.29) is 12.5 Å². The lowest BCUT2D eigenvalue weighted by molar-refractivity contribution is -0.112. The van der Waals surface area contributed by atoms with Gasteiger partial charge in [0.2, 0.25) is 5.91 Å². The molecule has 2 atom stereocenters. The van der Waals surface area contributed by atoms with Crippen molar-refractivity contribution in [1.82, 2.24) is 0 Å². The van der Waals surface area contributed by atoms with Crippen molar-refractivity contribution in [2.24, 2.45) is 5.73 Å². The van der Waals surface area contributed by atoms with Crippen LogP contribution in [0.1, 0.15) is 29.0 Å². The number of aliphatic hydroxyl groups is 1. The third-order valence-corrected chi connectivity index (χ3v) is 5.62. The molecule has 0 aromatic heterocycles. The quantitative estimate of drug-likeness (QED) is 0.600. The third kappa shape index (κ3) is 3.43. The maximum Gasteiger partial charge on any atom is 0.249 e. The maximum absolute atomic E-state index is 12.4. The molecule has 4 heteroatoms. The second-order valence-corrected chi connectivity index (χ2v) is 7.30. The molecule has 0 fully saturated rings. The number of aliphatic hydroxyl groups excluding tert-OH is 1. The summed E-state index contributed by atoms with van der Waals surface area (Å²) in [6.07, 6.45) is 2.47. The molecule has 4 rings (SSSR count). The van der Waals surface area contributed by atoms with Gasteiger partial charge in [0.25, 0.3) is 0 Å². The number of carbonyl (C=O) groups excluding carboxylic acids is 1. The Morgan fingerprint density at radius 3 is 2.21 bits per heavy atom. The summed E-state index contributed by atoms with van der Waals surface area (Å²) in [6, 6.07) is 27.8. The van der Waals surface area contributed by atoms with E-state index in [0.717, 1.165) is 22.4 Å². The normalized spacial score (nSPS) is 18.9. The van der Waals surface area contributed by atoms with Crippen LogP contribution in [0.4, 0.5) is 5.69 Å². The van der Waals surface area contributed by atoms with Crippen LogP contribution in [0.3, 0.4) is 0 Å². The number of benzene rings is 3. The van der Waals surface area contributed by atoms with Gasteiger partial charge in [0.15, 0.2) is 0 Å². The Morgan fingerprint density at radius 1 is 0.931 bits per heavy atom. The molecule has 0 radical (unpaired) electrons. The summed E-state index contributed by atoms with van der Waals surface area (Å²) < 4.78 is 0. The van der Waals surface area contributed by atoms with Crippen molar-refractivity contribution < 1.29 is 9.90 Å². The van der Waals surface area contributed by atoms with Crippen molar-refractivity contribution >= 4 is 17.2 Å². The minimum atomic E-state index is -0.732. The lowest BCUT2D eigenvalue weighted by Gasteiger charge is -2.44. The molecule has 3 aromatic carbocycles. The Morgan fingerprint density at radius 2 is 1.55 bits per heavy atom. The molecule has 0 saturated heterocycles. The van der Waals surface area contributed by atoms with E-state index in [2.05, 4.69) is 17.4 Å². The summed E-state index contributed by atoms with van der Waals surface area (Å²) in [5.74, 6) is -0.575. The van der Waals surface area contributed by atoms with Gasteiger partial charge in [-0.1, -0.05) is 78.9 Å². The van der Waals surface area contributed by atoms with Crippen molar-refractivity contribution in [3.05, 3.63) is 108 Å². The van der Waals surface area contributed by atoms with Crippen LogP contribution in [-0.4, -0.2) is 17.6 Å². The second kappa shape index (κ2) is 7.94. The number of nitrogens with one attached hydrogen (secondary N) is 1. The zero-order valence-corrected chi connectivity index (χ0v) is 16.1. The fraction of sp³-hybridized carbons (Fsp3) is 0.160. The van der Waals surface area contributed by atoms with E-state index in [9.17, 15) is 9.90 Å². The Balaban J connectivity index is 2.00. The summed E-state index contributed by atoms with van der Waals surface area (Å²) in [5.41, 5.74) is 9.30. The van der Waals surface area contributed by atoms with Crippen LogP contribution in [0, 0.1) is 0 Å². The van der Waals surface area contributed by atoms with Crippen LogP contribution < -0.4 is 11.1 Å². The molecule has 4 nitrogen and oxygen atoms in total. The van der Waals surface area contributed by atoms with Crippen molar-refractivity contribution in [1.29, 1.82) is 0 Å². The standard InChI is InChI=1S/C25H24N2O2/c26-24(29)21-17-25(19-11-5-2-6-12-19,27-23-14-8-7-13-20(21)23)22(15-16-28)18-9-3-1-4-10-18/h1-14,17,22,27-28H,15-16H2,(H2,26,29). The Kier molecular flexibility index (Phi) is 5.19. The van der Waals surface area contributed by atoms with E-state index >= 15 is 0 Å². The van der Waals surface area contributed by atoms with E-state index in [1.165, 1.54) is 0 Å². The van der Waals surface area contributed by atoms with Crippen molar-refractivity contribution in [3.8, 4) is 0 Å². The predicted molar refractivity (Wildman–Crippen MR) is 116 cm³/mol. The fourth-order valence-corrected chi connectivity index (χ4v) is 4.33. The number of fused-ring (bicyclic) bond motifs is 1. The minimum Gasteiger partial charge on any atom is -0.396 e. The summed E-state index contributed by atoms with van der Waals surface area (Å²) in [6.45, 7) is 0.0250. The number of para-hydroxylation sites is 1. The molecule has 1 heterocycles. The number of primary amides is 1. The van der Waals surface area contributed by atoms with Gasteiger partial charge in [0.05, 0.1) is 5.54 Å². The van der Waals surface area contributed by atoms with E-state index in [0.29, 0.717) is 12.0 Å².